The lowest BCUT2D eigenvalue weighted by molar-refractivity contribution is -0.135. The maximum atomic E-state index is 13.2. The van der Waals surface area contributed by atoms with Crippen molar-refractivity contribution in [2.75, 3.05) is 13.7 Å². The van der Waals surface area contributed by atoms with Crippen molar-refractivity contribution >= 4 is 27.9 Å². The Bertz CT molecular complexity index is 896. The molecule has 1 fully saturated rings. The van der Waals surface area contributed by atoms with Gasteiger partial charge < -0.3 is 19.9 Å². The summed E-state index contributed by atoms with van der Waals surface area (Å²) >= 11 is 3.52. The van der Waals surface area contributed by atoms with Crippen LogP contribution in [0.2, 0.25) is 0 Å². The van der Waals surface area contributed by atoms with Gasteiger partial charge in [-0.25, -0.2) is 9.78 Å². The SMILES string of the molecule is COC(=O)N[C@H](C(=O)N1CCCC1c1nc(-c2ccc(Br)c(C)c2)c[nH]1)C(C)C. The molecule has 0 aliphatic carbocycles. The molecule has 1 aliphatic heterocycles. The van der Waals surface area contributed by atoms with Gasteiger partial charge in [0.05, 0.1) is 18.8 Å². The number of aromatic amines is 1. The summed E-state index contributed by atoms with van der Waals surface area (Å²) in [7, 11) is 1.30. The number of carbonyl (C=O) groups excluding carboxylic acids is 2. The van der Waals surface area contributed by atoms with Gasteiger partial charge in [-0.2, -0.15) is 0 Å². The Morgan fingerprint density at radius 3 is 2.79 bits per heavy atom. The number of hydrogen-bond donors (Lipinski definition) is 2. The fourth-order valence-corrected chi connectivity index (χ4v) is 3.90. The van der Waals surface area contributed by atoms with Crippen molar-refractivity contribution in [1.29, 1.82) is 0 Å². The van der Waals surface area contributed by atoms with E-state index in [1.54, 1.807) is 0 Å². The predicted octanol–water partition coefficient (Wildman–Crippen LogP) is 4.19. The lowest BCUT2D eigenvalue weighted by Gasteiger charge is -2.29. The Kier molecular flexibility index (Phi) is 6.62. The first-order chi connectivity index (χ1) is 13.8. The number of amides is 2. The highest BCUT2D eigenvalue weighted by Crippen LogP contribution is 2.33. The minimum atomic E-state index is -0.633. The van der Waals surface area contributed by atoms with E-state index in [4.69, 9.17) is 4.98 Å². The van der Waals surface area contributed by atoms with Gasteiger partial charge in [0, 0.05) is 22.8 Å². The van der Waals surface area contributed by atoms with E-state index in [0.717, 1.165) is 40.0 Å². The van der Waals surface area contributed by atoms with Gasteiger partial charge >= 0.3 is 6.09 Å². The fourth-order valence-electron chi connectivity index (χ4n) is 3.65. The van der Waals surface area contributed by atoms with Crippen molar-refractivity contribution in [1.82, 2.24) is 20.2 Å². The molecule has 2 N–H and O–H groups in total. The van der Waals surface area contributed by atoms with Crippen LogP contribution in [0.5, 0.6) is 0 Å². The minimum absolute atomic E-state index is 0.0549. The van der Waals surface area contributed by atoms with E-state index < -0.39 is 12.1 Å². The number of alkyl carbamates (subject to hydrolysis) is 1. The number of halogens is 1. The van der Waals surface area contributed by atoms with Gasteiger partial charge in [-0.05, 0) is 43.4 Å². The third-order valence-electron chi connectivity index (χ3n) is 5.29. The number of benzene rings is 1. The van der Waals surface area contributed by atoms with Crippen LogP contribution in [0, 0.1) is 12.8 Å². The van der Waals surface area contributed by atoms with E-state index in [2.05, 4.69) is 37.0 Å². The molecule has 156 valence electrons. The highest BCUT2D eigenvalue weighted by molar-refractivity contribution is 9.10. The van der Waals surface area contributed by atoms with Gasteiger partial charge in [0.15, 0.2) is 0 Å². The molecule has 2 heterocycles. The van der Waals surface area contributed by atoms with Crippen molar-refractivity contribution < 1.29 is 14.3 Å². The quantitative estimate of drug-likeness (QED) is 0.696. The molecule has 1 saturated heterocycles. The number of aromatic nitrogens is 2. The Labute approximate surface area is 179 Å². The Balaban J connectivity index is 1.81. The first kappa shape index (κ1) is 21.4. The zero-order chi connectivity index (χ0) is 21.1. The van der Waals surface area contributed by atoms with Gasteiger partial charge in [0.1, 0.15) is 11.9 Å². The van der Waals surface area contributed by atoms with Crippen LogP contribution >= 0.6 is 15.9 Å². The second-order valence-corrected chi connectivity index (χ2v) is 8.54. The van der Waals surface area contributed by atoms with E-state index in [9.17, 15) is 9.59 Å². The maximum Gasteiger partial charge on any atom is 0.407 e. The van der Waals surface area contributed by atoms with Gasteiger partial charge in [-0.3, -0.25) is 4.79 Å². The molecule has 0 saturated carbocycles. The molecule has 1 aromatic heterocycles. The van der Waals surface area contributed by atoms with Crippen molar-refractivity contribution in [3.63, 3.8) is 0 Å². The number of ether oxygens (including phenoxy) is 1. The lowest BCUT2D eigenvalue weighted by atomic mass is 10.0. The topological polar surface area (TPSA) is 87.3 Å². The zero-order valence-electron chi connectivity index (χ0n) is 17.2. The zero-order valence-corrected chi connectivity index (χ0v) is 18.7. The second-order valence-electron chi connectivity index (χ2n) is 7.68. The van der Waals surface area contributed by atoms with Crippen LogP contribution in [0.15, 0.2) is 28.9 Å². The molecule has 2 atom stereocenters. The van der Waals surface area contributed by atoms with Gasteiger partial charge in [-0.1, -0.05) is 35.8 Å². The molecule has 29 heavy (non-hydrogen) atoms. The number of nitrogens with zero attached hydrogens (tertiary/aromatic N) is 2. The predicted molar refractivity (Wildman–Crippen MR) is 114 cm³/mol. The Morgan fingerprint density at radius 2 is 2.14 bits per heavy atom. The number of aryl methyl sites for hydroxylation is 1. The molecule has 1 aliphatic rings. The van der Waals surface area contributed by atoms with Crippen LogP contribution in [-0.2, 0) is 9.53 Å². The number of H-pyrrole nitrogens is 1. The van der Waals surface area contributed by atoms with Crippen LogP contribution in [0.1, 0.15) is 44.1 Å². The van der Waals surface area contributed by atoms with Gasteiger partial charge in [-0.15, -0.1) is 0 Å². The van der Waals surface area contributed by atoms with Crippen LogP contribution in [0.4, 0.5) is 4.79 Å². The molecule has 3 rings (SSSR count). The van der Waals surface area contributed by atoms with Crippen molar-refractivity contribution in [3.8, 4) is 11.3 Å². The second kappa shape index (κ2) is 8.98. The third kappa shape index (κ3) is 4.63. The van der Waals surface area contributed by atoms with Crippen LogP contribution in [0.3, 0.4) is 0 Å². The van der Waals surface area contributed by atoms with E-state index in [-0.39, 0.29) is 17.9 Å². The molecule has 1 aromatic carbocycles. The summed E-state index contributed by atoms with van der Waals surface area (Å²) < 4.78 is 5.74. The minimum Gasteiger partial charge on any atom is -0.453 e. The number of rotatable bonds is 5. The number of likely N-dealkylation sites (tertiary alicyclic amines) is 1. The van der Waals surface area contributed by atoms with Gasteiger partial charge in [0.2, 0.25) is 5.91 Å². The highest BCUT2D eigenvalue weighted by atomic mass is 79.9. The number of hydrogen-bond acceptors (Lipinski definition) is 4. The molecule has 0 spiro atoms. The van der Waals surface area contributed by atoms with Crippen molar-refractivity contribution in [2.24, 2.45) is 5.92 Å². The number of carbonyl (C=O) groups is 2. The van der Waals surface area contributed by atoms with E-state index >= 15 is 0 Å². The first-order valence-electron chi connectivity index (χ1n) is 9.78. The molecule has 0 bridgehead atoms. The molecule has 8 heteroatoms. The van der Waals surface area contributed by atoms with E-state index in [1.165, 1.54) is 7.11 Å². The summed E-state index contributed by atoms with van der Waals surface area (Å²) in [4.78, 5) is 34.7. The monoisotopic (exact) mass is 462 g/mol. The molecule has 0 radical (unpaired) electrons. The summed E-state index contributed by atoms with van der Waals surface area (Å²) in [5.41, 5.74) is 3.01. The number of imidazole rings is 1. The maximum absolute atomic E-state index is 13.2. The summed E-state index contributed by atoms with van der Waals surface area (Å²) in [5, 5.41) is 2.67. The summed E-state index contributed by atoms with van der Waals surface area (Å²) in [6.07, 6.45) is 3.01. The van der Waals surface area contributed by atoms with Crippen LogP contribution < -0.4 is 5.32 Å². The summed E-state index contributed by atoms with van der Waals surface area (Å²) in [5.74, 6) is 0.609. The molecule has 7 nitrogen and oxygen atoms in total. The Hall–Kier alpha value is -2.35. The van der Waals surface area contributed by atoms with E-state index in [0.29, 0.717) is 6.54 Å². The Morgan fingerprint density at radius 1 is 1.38 bits per heavy atom. The average molecular weight is 463 g/mol. The summed E-state index contributed by atoms with van der Waals surface area (Å²) in [6.45, 7) is 6.50. The first-order valence-corrected chi connectivity index (χ1v) is 10.6. The fraction of sp³-hybridized carbons (Fsp3) is 0.476. The standard InChI is InChI=1S/C21H27BrN4O3/c1-12(2)18(25-21(28)29-4)20(27)26-9-5-6-17(26)19-23-11-16(24-19)14-7-8-15(22)13(3)10-14/h7-8,10-12,17-18H,5-6,9H2,1-4H3,(H,23,24)(H,25,28)/t17?,18-/m0/s1. The smallest absolute Gasteiger partial charge is 0.407 e. The molecular formula is C21H27BrN4O3. The largest absolute Gasteiger partial charge is 0.453 e. The average Bonchev–Trinajstić information content (AvgIpc) is 3.36. The van der Waals surface area contributed by atoms with Crippen LogP contribution in [0.25, 0.3) is 11.3 Å². The number of methoxy groups -OCH3 is 1. The summed E-state index contributed by atoms with van der Waals surface area (Å²) in [6, 6.07) is 5.34. The van der Waals surface area contributed by atoms with Crippen molar-refractivity contribution in [3.05, 3.63) is 40.3 Å². The molecule has 2 aromatic rings. The molecular weight excluding hydrogens is 436 g/mol. The highest BCUT2D eigenvalue weighted by Gasteiger charge is 2.37. The lowest BCUT2D eigenvalue weighted by Crippen LogP contribution is -2.51. The van der Waals surface area contributed by atoms with E-state index in [1.807, 2.05) is 44.0 Å². The van der Waals surface area contributed by atoms with Crippen molar-refractivity contribution in [2.45, 2.75) is 45.7 Å². The molecule has 2 amide bonds. The van der Waals surface area contributed by atoms with Crippen LogP contribution in [-0.4, -0.2) is 46.6 Å². The number of nitrogens with one attached hydrogen (secondary N) is 2. The third-order valence-corrected chi connectivity index (χ3v) is 6.18. The normalized spacial score (nSPS) is 17.4. The van der Waals surface area contributed by atoms with Gasteiger partial charge in [0.25, 0.3) is 0 Å². The molecule has 1 unspecified atom stereocenters.